The van der Waals surface area contributed by atoms with E-state index in [1.807, 2.05) is 24.3 Å². The SMILES string of the molecule is CC=C(O)C(O)(CCCc1cccc(C(C)=O)c1)C1CCCC1. The van der Waals surface area contributed by atoms with Gasteiger partial charge in [-0.1, -0.05) is 31.0 Å². The number of aryl methyl sites for hydroxylation is 1. The number of Topliss-reactive ketones (excluding diaryl/α,β-unsaturated/α-hetero) is 1. The van der Waals surface area contributed by atoms with Gasteiger partial charge in [0, 0.05) is 5.56 Å². The van der Waals surface area contributed by atoms with Crippen molar-refractivity contribution in [1.29, 1.82) is 0 Å². The fourth-order valence-electron chi connectivity index (χ4n) is 3.70. The van der Waals surface area contributed by atoms with Crippen molar-refractivity contribution < 1.29 is 15.0 Å². The van der Waals surface area contributed by atoms with Crippen molar-refractivity contribution >= 4 is 5.78 Å². The van der Waals surface area contributed by atoms with Gasteiger partial charge in [0.1, 0.15) is 11.4 Å². The Morgan fingerprint density at radius 2 is 2.04 bits per heavy atom. The summed E-state index contributed by atoms with van der Waals surface area (Å²) in [4.78, 5) is 11.5. The summed E-state index contributed by atoms with van der Waals surface area (Å²) in [6.45, 7) is 3.34. The number of carbonyl (C=O) groups is 1. The quantitative estimate of drug-likeness (QED) is 0.571. The summed E-state index contributed by atoms with van der Waals surface area (Å²) in [7, 11) is 0. The third-order valence-electron chi connectivity index (χ3n) is 5.10. The molecule has 0 amide bonds. The highest BCUT2D eigenvalue weighted by Gasteiger charge is 2.41. The first-order valence-electron chi connectivity index (χ1n) is 8.65. The van der Waals surface area contributed by atoms with Gasteiger partial charge in [-0.2, -0.15) is 0 Å². The summed E-state index contributed by atoms with van der Waals surface area (Å²) in [6.07, 6.45) is 7.98. The van der Waals surface area contributed by atoms with Crippen molar-refractivity contribution in [2.45, 2.75) is 64.4 Å². The van der Waals surface area contributed by atoms with Gasteiger partial charge in [0.05, 0.1) is 0 Å². The van der Waals surface area contributed by atoms with E-state index in [1.165, 1.54) is 0 Å². The van der Waals surface area contributed by atoms with Crippen LogP contribution in [-0.2, 0) is 6.42 Å². The molecule has 2 rings (SSSR count). The highest BCUT2D eigenvalue weighted by Crippen LogP contribution is 2.40. The van der Waals surface area contributed by atoms with Gasteiger partial charge in [-0.3, -0.25) is 4.79 Å². The van der Waals surface area contributed by atoms with Crippen LogP contribution in [0.2, 0.25) is 0 Å². The Labute approximate surface area is 139 Å². The fourth-order valence-corrected chi connectivity index (χ4v) is 3.70. The molecule has 0 radical (unpaired) electrons. The number of ketones is 1. The summed E-state index contributed by atoms with van der Waals surface area (Å²) < 4.78 is 0. The van der Waals surface area contributed by atoms with E-state index in [9.17, 15) is 15.0 Å². The molecule has 0 aliphatic heterocycles. The fraction of sp³-hybridized carbons (Fsp3) is 0.550. The Morgan fingerprint density at radius 1 is 1.35 bits per heavy atom. The maximum absolute atomic E-state index is 11.5. The van der Waals surface area contributed by atoms with Gasteiger partial charge >= 0.3 is 0 Å². The lowest BCUT2D eigenvalue weighted by Crippen LogP contribution is -2.39. The van der Waals surface area contributed by atoms with E-state index in [-0.39, 0.29) is 17.5 Å². The maximum Gasteiger partial charge on any atom is 0.159 e. The first-order valence-corrected chi connectivity index (χ1v) is 8.65. The lowest BCUT2D eigenvalue weighted by molar-refractivity contribution is -0.0250. The van der Waals surface area contributed by atoms with Crippen molar-refractivity contribution in [2.24, 2.45) is 5.92 Å². The van der Waals surface area contributed by atoms with Crippen LogP contribution in [0.3, 0.4) is 0 Å². The summed E-state index contributed by atoms with van der Waals surface area (Å²) in [5.41, 5.74) is 0.736. The van der Waals surface area contributed by atoms with Crippen molar-refractivity contribution in [1.82, 2.24) is 0 Å². The normalized spacial score (nSPS) is 18.8. The molecular formula is C20H28O3. The zero-order valence-corrected chi connectivity index (χ0v) is 14.2. The first-order chi connectivity index (χ1) is 11.0. The molecule has 1 aromatic rings. The highest BCUT2D eigenvalue weighted by molar-refractivity contribution is 5.94. The number of rotatable bonds is 7. The molecular weight excluding hydrogens is 288 g/mol. The van der Waals surface area contributed by atoms with Gasteiger partial charge in [0.2, 0.25) is 0 Å². The average molecular weight is 316 g/mol. The van der Waals surface area contributed by atoms with E-state index in [0.717, 1.165) is 49.7 Å². The predicted octanol–water partition coefficient (Wildman–Crippen LogP) is 4.60. The number of hydrogen-bond acceptors (Lipinski definition) is 3. The zero-order valence-electron chi connectivity index (χ0n) is 14.2. The van der Waals surface area contributed by atoms with E-state index < -0.39 is 5.60 Å². The lowest BCUT2D eigenvalue weighted by atomic mass is 9.80. The molecule has 0 spiro atoms. The van der Waals surface area contributed by atoms with Gasteiger partial charge in [-0.25, -0.2) is 0 Å². The van der Waals surface area contributed by atoms with Gasteiger partial charge < -0.3 is 10.2 Å². The Bertz CT molecular complexity index is 570. The van der Waals surface area contributed by atoms with E-state index >= 15 is 0 Å². The number of aliphatic hydroxyl groups excluding tert-OH is 1. The second-order valence-corrected chi connectivity index (χ2v) is 6.69. The molecule has 1 atom stereocenters. The van der Waals surface area contributed by atoms with Crippen LogP contribution in [0.25, 0.3) is 0 Å². The number of allylic oxidation sites excluding steroid dienone is 1. The molecule has 1 unspecified atom stereocenters. The second-order valence-electron chi connectivity index (χ2n) is 6.69. The van der Waals surface area contributed by atoms with Gasteiger partial charge in [0.15, 0.2) is 5.78 Å². The summed E-state index contributed by atoms with van der Waals surface area (Å²) in [5.74, 6) is 0.338. The molecule has 1 aliphatic carbocycles. The van der Waals surface area contributed by atoms with Gasteiger partial charge in [0.25, 0.3) is 0 Å². The van der Waals surface area contributed by atoms with Crippen LogP contribution in [0.15, 0.2) is 36.1 Å². The monoisotopic (exact) mass is 316 g/mol. The third kappa shape index (κ3) is 4.23. The number of carbonyl (C=O) groups excluding carboxylic acids is 1. The topological polar surface area (TPSA) is 57.5 Å². The maximum atomic E-state index is 11.5. The summed E-state index contributed by atoms with van der Waals surface area (Å²) >= 11 is 0. The third-order valence-corrected chi connectivity index (χ3v) is 5.10. The van der Waals surface area contributed by atoms with Crippen molar-refractivity contribution in [3.63, 3.8) is 0 Å². The van der Waals surface area contributed by atoms with E-state index in [4.69, 9.17) is 0 Å². The molecule has 0 heterocycles. The van der Waals surface area contributed by atoms with Crippen molar-refractivity contribution in [3.05, 3.63) is 47.2 Å². The minimum atomic E-state index is -1.09. The molecule has 2 N–H and O–H groups in total. The molecule has 1 aromatic carbocycles. The van der Waals surface area contributed by atoms with Crippen LogP contribution >= 0.6 is 0 Å². The molecule has 1 aliphatic rings. The molecule has 3 nitrogen and oxygen atoms in total. The molecule has 0 saturated heterocycles. The molecule has 1 fully saturated rings. The summed E-state index contributed by atoms with van der Waals surface area (Å²) in [5, 5.41) is 21.2. The number of benzene rings is 1. The minimum absolute atomic E-state index is 0.0703. The van der Waals surface area contributed by atoms with Crippen LogP contribution in [-0.4, -0.2) is 21.6 Å². The molecule has 3 heteroatoms. The van der Waals surface area contributed by atoms with E-state index in [2.05, 4.69) is 0 Å². The Morgan fingerprint density at radius 3 is 2.65 bits per heavy atom. The van der Waals surface area contributed by atoms with Crippen LogP contribution in [0.4, 0.5) is 0 Å². The van der Waals surface area contributed by atoms with E-state index in [0.29, 0.717) is 6.42 Å². The van der Waals surface area contributed by atoms with Crippen molar-refractivity contribution in [2.75, 3.05) is 0 Å². The van der Waals surface area contributed by atoms with Gasteiger partial charge in [-0.05, 0) is 69.6 Å². The van der Waals surface area contributed by atoms with Crippen LogP contribution < -0.4 is 0 Å². The first kappa shape index (κ1) is 17.7. The lowest BCUT2D eigenvalue weighted by Gasteiger charge is -2.33. The van der Waals surface area contributed by atoms with E-state index in [1.54, 1.807) is 19.9 Å². The molecule has 1 saturated carbocycles. The molecule has 0 aromatic heterocycles. The van der Waals surface area contributed by atoms with Crippen LogP contribution in [0.1, 0.15) is 68.3 Å². The largest absolute Gasteiger partial charge is 0.510 e. The second kappa shape index (κ2) is 7.78. The predicted molar refractivity (Wildman–Crippen MR) is 92.7 cm³/mol. The standard InChI is InChI=1S/C20H28O3/c1-3-19(22)20(23,18-11-4-5-12-18)13-7-9-16-8-6-10-17(14-16)15(2)21/h3,6,8,10,14,18,22-23H,4-5,7,9,11-13H2,1-2H3. The molecule has 23 heavy (non-hydrogen) atoms. The minimum Gasteiger partial charge on any atom is -0.510 e. The number of aliphatic hydroxyl groups is 2. The smallest absolute Gasteiger partial charge is 0.159 e. The van der Waals surface area contributed by atoms with Crippen molar-refractivity contribution in [3.8, 4) is 0 Å². The Kier molecular flexibility index (Phi) is 6.00. The summed E-state index contributed by atoms with van der Waals surface area (Å²) in [6, 6.07) is 7.66. The zero-order chi connectivity index (χ0) is 16.9. The van der Waals surface area contributed by atoms with Crippen LogP contribution in [0.5, 0.6) is 0 Å². The molecule has 126 valence electrons. The highest BCUT2D eigenvalue weighted by atomic mass is 16.3. The number of hydrogen-bond donors (Lipinski definition) is 2. The Balaban J connectivity index is 2.02. The van der Waals surface area contributed by atoms with Gasteiger partial charge in [-0.15, -0.1) is 0 Å². The van der Waals surface area contributed by atoms with Crippen LogP contribution in [0, 0.1) is 5.92 Å². The average Bonchev–Trinajstić information content (AvgIpc) is 3.09. The molecule has 0 bridgehead atoms. The Hall–Kier alpha value is -1.61.